The number of rotatable bonds is 4. The summed E-state index contributed by atoms with van der Waals surface area (Å²) < 4.78 is 0. The molecule has 0 N–H and O–H groups in total. The van der Waals surface area contributed by atoms with Gasteiger partial charge in [0.1, 0.15) is 0 Å². The minimum atomic E-state index is 0.313. The van der Waals surface area contributed by atoms with Crippen LogP contribution in [0.15, 0.2) is 18.2 Å². The Balaban J connectivity index is 1.83. The summed E-state index contributed by atoms with van der Waals surface area (Å²) in [5.41, 5.74) is 3.97. The van der Waals surface area contributed by atoms with Crippen molar-refractivity contribution in [3.63, 3.8) is 0 Å². The van der Waals surface area contributed by atoms with Crippen LogP contribution in [-0.4, -0.2) is 29.1 Å². The van der Waals surface area contributed by atoms with Gasteiger partial charge < -0.3 is 4.90 Å². The fourth-order valence-corrected chi connectivity index (χ4v) is 3.73. The second kappa shape index (κ2) is 7.16. The SMILES string of the molecule is Cc1ccc(C)c(CSCC(=O)N2CCCCC2C)c1. The molecule has 110 valence electrons. The Bertz CT molecular complexity index is 472. The lowest BCUT2D eigenvalue weighted by atomic mass is 10.0. The molecule has 1 unspecified atom stereocenters. The average Bonchev–Trinajstić information content (AvgIpc) is 2.43. The van der Waals surface area contributed by atoms with E-state index in [9.17, 15) is 4.79 Å². The first-order valence-electron chi connectivity index (χ1n) is 7.51. The van der Waals surface area contributed by atoms with E-state index in [1.54, 1.807) is 11.8 Å². The predicted octanol–water partition coefficient (Wildman–Crippen LogP) is 3.94. The molecule has 0 bridgehead atoms. The number of hydrogen-bond acceptors (Lipinski definition) is 2. The van der Waals surface area contributed by atoms with Crippen LogP contribution in [0.1, 0.15) is 42.9 Å². The van der Waals surface area contributed by atoms with Crippen molar-refractivity contribution in [1.29, 1.82) is 0 Å². The topological polar surface area (TPSA) is 20.3 Å². The number of amides is 1. The van der Waals surface area contributed by atoms with Crippen LogP contribution < -0.4 is 0 Å². The van der Waals surface area contributed by atoms with Gasteiger partial charge in [0.25, 0.3) is 0 Å². The molecule has 1 aromatic carbocycles. The number of carbonyl (C=O) groups is 1. The normalized spacial score (nSPS) is 19.1. The fourth-order valence-electron chi connectivity index (χ4n) is 2.76. The Kier molecular flexibility index (Phi) is 5.53. The largest absolute Gasteiger partial charge is 0.339 e. The maximum Gasteiger partial charge on any atom is 0.232 e. The summed E-state index contributed by atoms with van der Waals surface area (Å²) in [6, 6.07) is 6.97. The number of nitrogens with zero attached hydrogens (tertiary/aromatic N) is 1. The Morgan fingerprint density at radius 1 is 1.35 bits per heavy atom. The van der Waals surface area contributed by atoms with E-state index in [-0.39, 0.29) is 0 Å². The highest BCUT2D eigenvalue weighted by atomic mass is 32.2. The third kappa shape index (κ3) is 4.02. The molecule has 0 spiro atoms. The highest BCUT2D eigenvalue weighted by molar-refractivity contribution is 7.99. The average molecular weight is 291 g/mol. The highest BCUT2D eigenvalue weighted by Gasteiger charge is 2.22. The number of carbonyl (C=O) groups excluding carboxylic acids is 1. The van der Waals surface area contributed by atoms with E-state index < -0.39 is 0 Å². The van der Waals surface area contributed by atoms with E-state index >= 15 is 0 Å². The quantitative estimate of drug-likeness (QED) is 0.837. The summed E-state index contributed by atoms with van der Waals surface area (Å²) in [5, 5.41) is 0. The van der Waals surface area contributed by atoms with E-state index in [0.717, 1.165) is 25.1 Å². The molecule has 1 atom stereocenters. The van der Waals surface area contributed by atoms with Gasteiger partial charge in [0.15, 0.2) is 0 Å². The summed E-state index contributed by atoms with van der Waals surface area (Å²) in [7, 11) is 0. The predicted molar refractivity (Wildman–Crippen MR) is 87.1 cm³/mol. The van der Waals surface area contributed by atoms with Gasteiger partial charge in [-0.3, -0.25) is 4.79 Å². The molecule has 1 aliphatic rings. The molecule has 0 aromatic heterocycles. The van der Waals surface area contributed by atoms with Crippen molar-refractivity contribution in [2.45, 2.75) is 51.8 Å². The van der Waals surface area contributed by atoms with E-state index in [1.165, 1.54) is 23.1 Å². The summed E-state index contributed by atoms with van der Waals surface area (Å²) in [5.74, 6) is 1.85. The lowest BCUT2D eigenvalue weighted by Gasteiger charge is -2.33. The van der Waals surface area contributed by atoms with Crippen LogP contribution in [0.4, 0.5) is 0 Å². The molecule has 1 heterocycles. The number of benzene rings is 1. The van der Waals surface area contributed by atoms with Crippen molar-refractivity contribution >= 4 is 17.7 Å². The van der Waals surface area contributed by atoms with Gasteiger partial charge in [0.2, 0.25) is 5.91 Å². The van der Waals surface area contributed by atoms with Gasteiger partial charge in [-0.05, 0) is 51.2 Å². The third-order valence-electron chi connectivity index (χ3n) is 4.11. The molecule has 3 heteroatoms. The molecule has 0 saturated carbocycles. The zero-order chi connectivity index (χ0) is 14.5. The lowest BCUT2D eigenvalue weighted by molar-refractivity contribution is -0.131. The number of hydrogen-bond donors (Lipinski definition) is 0. The monoisotopic (exact) mass is 291 g/mol. The molecular weight excluding hydrogens is 266 g/mol. The second-order valence-corrected chi connectivity index (χ2v) is 6.84. The Hall–Kier alpha value is -0.960. The third-order valence-corrected chi connectivity index (χ3v) is 5.08. The lowest BCUT2D eigenvalue weighted by Crippen LogP contribution is -2.42. The number of thioether (sulfide) groups is 1. The smallest absolute Gasteiger partial charge is 0.232 e. The molecule has 1 amide bonds. The van der Waals surface area contributed by atoms with E-state index in [4.69, 9.17) is 0 Å². The van der Waals surface area contributed by atoms with Gasteiger partial charge in [-0.2, -0.15) is 0 Å². The maximum absolute atomic E-state index is 12.3. The fraction of sp³-hybridized carbons (Fsp3) is 0.588. The first-order chi connectivity index (χ1) is 9.58. The van der Waals surface area contributed by atoms with Crippen LogP contribution in [0.25, 0.3) is 0 Å². The van der Waals surface area contributed by atoms with Crippen molar-refractivity contribution in [3.05, 3.63) is 34.9 Å². The van der Waals surface area contributed by atoms with Gasteiger partial charge in [-0.15, -0.1) is 11.8 Å². The van der Waals surface area contributed by atoms with E-state index in [2.05, 4.69) is 43.9 Å². The van der Waals surface area contributed by atoms with Crippen molar-refractivity contribution in [2.24, 2.45) is 0 Å². The highest BCUT2D eigenvalue weighted by Crippen LogP contribution is 2.21. The van der Waals surface area contributed by atoms with Crippen molar-refractivity contribution in [1.82, 2.24) is 4.90 Å². The molecular formula is C17H25NOS. The zero-order valence-corrected chi connectivity index (χ0v) is 13.6. The molecule has 0 aliphatic carbocycles. The molecule has 2 rings (SSSR count). The molecule has 1 aliphatic heterocycles. The minimum absolute atomic E-state index is 0.313. The van der Waals surface area contributed by atoms with Crippen LogP contribution in [-0.2, 0) is 10.5 Å². The molecule has 1 fully saturated rings. The standard InChI is InChI=1S/C17H25NOS/c1-13-7-8-14(2)16(10-13)11-20-12-17(19)18-9-5-4-6-15(18)3/h7-8,10,15H,4-6,9,11-12H2,1-3H3. The number of likely N-dealkylation sites (tertiary alicyclic amines) is 1. The minimum Gasteiger partial charge on any atom is -0.339 e. The summed E-state index contributed by atoms with van der Waals surface area (Å²) in [6.45, 7) is 7.38. The molecule has 0 radical (unpaired) electrons. The summed E-state index contributed by atoms with van der Waals surface area (Å²) >= 11 is 1.74. The Morgan fingerprint density at radius 3 is 2.90 bits per heavy atom. The van der Waals surface area contributed by atoms with Gasteiger partial charge in [0, 0.05) is 18.3 Å². The second-order valence-electron chi connectivity index (χ2n) is 5.85. The first kappa shape index (κ1) is 15.4. The maximum atomic E-state index is 12.3. The molecule has 20 heavy (non-hydrogen) atoms. The van der Waals surface area contributed by atoms with Crippen LogP contribution >= 0.6 is 11.8 Å². The van der Waals surface area contributed by atoms with E-state index in [1.807, 2.05) is 0 Å². The Morgan fingerprint density at radius 2 is 2.15 bits per heavy atom. The van der Waals surface area contributed by atoms with Crippen LogP contribution in [0, 0.1) is 13.8 Å². The molecule has 1 aromatic rings. The van der Waals surface area contributed by atoms with Crippen molar-refractivity contribution in [3.8, 4) is 0 Å². The van der Waals surface area contributed by atoms with Crippen molar-refractivity contribution < 1.29 is 4.79 Å². The zero-order valence-electron chi connectivity index (χ0n) is 12.8. The molecule has 2 nitrogen and oxygen atoms in total. The summed E-state index contributed by atoms with van der Waals surface area (Å²) in [6.07, 6.45) is 3.59. The summed E-state index contributed by atoms with van der Waals surface area (Å²) in [4.78, 5) is 14.3. The number of aryl methyl sites for hydroxylation is 2. The molecule has 1 saturated heterocycles. The van der Waals surface area contributed by atoms with Crippen LogP contribution in [0.5, 0.6) is 0 Å². The Labute approximate surface area is 126 Å². The van der Waals surface area contributed by atoms with Crippen LogP contribution in [0.2, 0.25) is 0 Å². The first-order valence-corrected chi connectivity index (χ1v) is 8.66. The van der Waals surface area contributed by atoms with Gasteiger partial charge in [-0.25, -0.2) is 0 Å². The van der Waals surface area contributed by atoms with Crippen molar-refractivity contribution in [2.75, 3.05) is 12.3 Å². The van der Waals surface area contributed by atoms with Gasteiger partial charge >= 0.3 is 0 Å². The van der Waals surface area contributed by atoms with Gasteiger partial charge in [-0.1, -0.05) is 23.8 Å². The van der Waals surface area contributed by atoms with Crippen LogP contribution in [0.3, 0.4) is 0 Å². The number of piperidine rings is 1. The van der Waals surface area contributed by atoms with Gasteiger partial charge in [0.05, 0.1) is 5.75 Å². The van der Waals surface area contributed by atoms with E-state index in [0.29, 0.717) is 17.7 Å².